The van der Waals surface area contributed by atoms with Crippen molar-refractivity contribution in [3.8, 4) is 11.8 Å². The van der Waals surface area contributed by atoms with E-state index in [2.05, 4.69) is 29.0 Å². The summed E-state index contributed by atoms with van der Waals surface area (Å²) >= 11 is 0. The van der Waals surface area contributed by atoms with Gasteiger partial charge < -0.3 is 10.2 Å². The predicted octanol–water partition coefficient (Wildman–Crippen LogP) is 1.33. The predicted molar refractivity (Wildman–Crippen MR) is 61.2 cm³/mol. The van der Waals surface area contributed by atoms with Crippen LogP contribution in [0.2, 0.25) is 0 Å². The van der Waals surface area contributed by atoms with Gasteiger partial charge in [-0.3, -0.25) is 0 Å². The van der Waals surface area contributed by atoms with Gasteiger partial charge in [0.1, 0.15) is 0 Å². The van der Waals surface area contributed by atoms with E-state index in [1.54, 1.807) is 0 Å². The number of likely N-dealkylation sites (tertiary alicyclic amines) is 1. The fourth-order valence-corrected chi connectivity index (χ4v) is 1.93. The number of rotatable bonds is 4. The van der Waals surface area contributed by atoms with Crippen LogP contribution in [0.15, 0.2) is 0 Å². The highest BCUT2D eigenvalue weighted by Crippen LogP contribution is 2.15. The summed E-state index contributed by atoms with van der Waals surface area (Å²) in [6.07, 6.45) is 2.70. The summed E-state index contributed by atoms with van der Waals surface area (Å²) in [7, 11) is 0. The van der Waals surface area contributed by atoms with Gasteiger partial charge in [-0.25, -0.2) is 0 Å². The van der Waals surface area contributed by atoms with Crippen LogP contribution in [0.3, 0.4) is 0 Å². The van der Waals surface area contributed by atoms with E-state index in [9.17, 15) is 0 Å². The van der Waals surface area contributed by atoms with Crippen molar-refractivity contribution in [2.45, 2.75) is 26.7 Å². The maximum Gasteiger partial charge on any atom is 0.0576 e. The average Bonchev–Trinajstić information content (AvgIpc) is 2.25. The van der Waals surface area contributed by atoms with Gasteiger partial charge in [0.05, 0.1) is 6.54 Å². The summed E-state index contributed by atoms with van der Waals surface area (Å²) < 4.78 is 0. The second-order valence-corrected chi connectivity index (χ2v) is 3.94. The van der Waals surface area contributed by atoms with Crippen LogP contribution in [0, 0.1) is 17.8 Å². The zero-order valence-corrected chi connectivity index (χ0v) is 9.47. The van der Waals surface area contributed by atoms with E-state index >= 15 is 0 Å². The summed E-state index contributed by atoms with van der Waals surface area (Å²) in [6, 6.07) is 0. The van der Waals surface area contributed by atoms with Crippen molar-refractivity contribution in [2.24, 2.45) is 5.92 Å². The molecule has 0 unspecified atom stereocenters. The SMILES string of the molecule is CC#CCNCC1CCN(CC)CC1. The molecule has 0 atom stereocenters. The van der Waals surface area contributed by atoms with Crippen LogP contribution in [-0.2, 0) is 0 Å². The first-order valence-electron chi connectivity index (χ1n) is 5.69. The molecular weight excluding hydrogens is 172 g/mol. The van der Waals surface area contributed by atoms with E-state index in [1.165, 1.54) is 32.5 Å². The van der Waals surface area contributed by atoms with E-state index in [-0.39, 0.29) is 0 Å². The summed E-state index contributed by atoms with van der Waals surface area (Å²) in [6.45, 7) is 9.90. The van der Waals surface area contributed by atoms with Crippen molar-refractivity contribution >= 4 is 0 Å². The number of nitrogens with zero attached hydrogens (tertiary/aromatic N) is 1. The minimum absolute atomic E-state index is 0.852. The Labute approximate surface area is 88.1 Å². The fourth-order valence-electron chi connectivity index (χ4n) is 1.93. The Morgan fingerprint density at radius 3 is 2.64 bits per heavy atom. The van der Waals surface area contributed by atoms with Crippen molar-refractivity contribution < 1.29 is 0 Å². The Hall–Kier alpha value is -0.520. The van der Waals surface area contributed by atoms with Gasteiger partial charge >= 0.3 is 0 Å². The maximum absolute atomic E-state index is 3.40. The Morgan fingerprint density at radius 1 is 1.36 bits per heavy atom. The normalized spacial score (nSPS) is 19.0. The van der Waals surface area contributed by atoms with Crippen LogP contribution >= 0.6 is 0 Å². The Balaban J connectivity index is 2.06. The molecule has 0 bridgehead atoms. The molecule has 14 heavy (non-hydrogen) atoms. The molecule has 0 amide bonds. The van der Waals surface area contributed by atoms with Crippen molar-refractivity contribution in [1.29, 1.82) is 0 Å². The lowest BCUT2D eigenvalue weighted by Gasteiger charge is -2.30. The largest absolute Gasteiger partial charge is 0.306 e. The van der Waals surface area contributed by atoms with Gasteiger partial charge in [-0.15, -0.1) is 5.92 Å². The molecule has 0 aromatic heterocycles. The van der Waals surface area contributed by atoms with E-state index in [0.717, 1.165) is 19.0 Å². The molecule has 1 rings (SSSR count). The van der Waals surface area contributed by atoms with E-state index in [0.29, 0.717) is 0 Å². The van der Waals surface area contributed by atoms with Gasteiger partial charge in [0.15, 0.2) is 0 Å². The first-order chi connectivity index (χ1) is 6.86. The lowest BCUT2D eigenvalue weighted by atomic mass is 9.97. The van der Waals surface area contributed by atoms with Crippen molar-refractivity contribution in [3.05, 3.63) is 0 Å². The topological polar surface area (TPSA) is 15.3 Å². The van der Waals surface area contributed by atoms with Gasteiger partial charge in [0.25, 0.3) is 0 Å². The van der Waals surface area contributed by atoms with Crippen molar-refractivity contribution in [2.75, 3.05) is 32.7 Å². The molecule has 2 heteroatoms. The van der Waals surface area contributed by atoms with Gasteiger partial charge in [-0.1, -0.05) is 12.8 Å². The Kier molecular flexibility index (Phi) is 5.66. The van der Waals surface area contributed by atoms with Gasteiger partial charge in [0, 0.05) is 0 Å². The third-order valence-corrected chi connectivity index (χ3v) is 2.98. The molecule has 1 heterocycles. The van der Waals surface area contributed by atoms with Gasteiger partial charge in [-0.2, -0.15) is 0 Å². The quantitative estimate of drug-likeness (QED) is 0.536. The molecule has 0 aromatic rings. The average molecular weight is 194 g/mol. The van der Waals surface area contributed by atoms with Gasteiger partial charge in [0.2, 0.25) is 0 Å². The molecule has 0 aromatic carbocycles. The molecule has 80 valence electrons. The van der Waals surface area contributed by atoms with Crippen LogP contribution in [0.5, 0.6) is 0 Å². The lowest BCUT2D eigenvalue weighted by molar-refractivity contribution is 0.191. The second kappa shape index (κ2) is 6.86. The number of hydrogen-bond acceptors (Lipinski definition) is 2. The highest BCUT2D eigenvalue weighted by atomic mass is 15.1. The second-order valence-electron chi connectivity index (χ2n) is 3.94. The monoisotopic (exact) mass is 194 g/mol. The minimum atomic E-state index is 0.852. The van der Waals surface area contributed by atoms with Crippen LogP contribution < -0.4 is 5.32 Å². The summed E-state index contributed by atoms with van der Waals surface area (Å²) in [4.78, 5) is 2.53. The molecule has 0 saturated carbocycles. The Bertz CT molecular complexity index is 194. The molecule has 0 radical (unpaired) electrons. The highest BCUT2D eigenvalue weighted by Gasteiger charge is 2.16. The van der Waals surface area contributed by atoms with E-state index in [1.807, 2.05) is 6.92 Å². The standard InChI is InChI=1S/C12H22N2/c1-3-5-8-13-11-12-6-9-14(4-2)10-7-12/h12-13H,4,6-11H2,1-2H3. The van der Waals surface area contributed by atoms with Crippen LogP contribution in [0.1, 0.15) is 26.7 Å². The first-order valence-corrected chi connectivity index (χ1v) is 5.69. The highest BCUT2D eigenvalue weighted by molar-refractivity contribution is 4.97. The number of hydrogen-bond donors (Lipinski definition) is 1. The van der Waals surface area contributed by atoms with Crippen molar-refractivity contribution in [1.82, 2.24) is 10.2 Å². The van der Waals surface area contributed by atoms with Crippen LogP contribution in [-0.4, -0.2) is 37.6 Å². The zero-order valence-electron chi connectivity index (χ0n) is 9.47. The minimum Gasteiger partial charge on any atom is -0.306 e. The summed E-state index contributed by atoms with van der Waals surface area (Å²) in [5, 5.41) is 3.40. The first kappa shape index (κ1) is 11.6. The van der Waals surface area contributed by atoms with E-state index < -0.39 is 0 Å². The third kappa shape index (κ3) is 4.13. The van der Waals surface area contributed by atoms with E-state index in [4.69, 9.17) is 0 Å². The lowest BCUT2D eigenvalue weighted by Crippen LogP contribution is -2.37. The molecular formula is C12H22N2. The molecule has 1 fully saturated rings. The zero-order chi connectivity index (χ0) is 10.2. The van der Waals surface area contributed by atoms with Gasteiger partial charge in [-0.05, 0) is 51.9 Å². The molecule has 2 nitrogen and oxygen atoms in total. The number of nitrogens with one attached hydrogen (secondary N) is 1. The third-order valence-electron chi connectivity index (χ3n) is 2.98. The maximum atomic E-state index is 3.40. The molecule has 1 aliphatic rings. The molecule has 1 N–H and O–H groups in total. The molecule has 0 spiro atoms. The molecule has 1 aliphatic heterocycles. The Morgan fingerprint density at radius 2 is 2.07 bits per heavy atom. The molecule has 0 aliphatic carbocycles. The molecule has 1 saturated heterocycles. The van der Waals surface area contributed by atoms with Crippen LogP contribution in [0.25, 0.3) is 0 Å². The number of piperidine rings is 1. The summed E-state index contributed by atoms with van der Waals surface area (Å²) in [5.74, 6) is 6.81. The van der Waals surface area contributed by atoms with Crippen LogP contribution in [0.4, 0.5) is 0 Å². The fraction of sp³-hybridized carbons (Fsp3) is 0.833. The summed E-state index contributed by atoms with van der Waals surface area (Å²) in [5.41, 5.74) is 0. The smallest absolute Gasteiger partial charge is 0.0576 e. The van der Waals surface area contributed by atoms with Crippen molar-refractivity contribution in [3.63, 3.8) is 0 Å².